The van der Waals surface area contributed by atoms with Gasteiger partial charge < -0.3 is 10.5 Å². The van der Waals surface area contributed by atoms with E-state index in [9.17, 15) is 4.79 Å². The molecule has 2 N–H and O–H groups in total. The SMILES string of the molecule is CC(N)(SCC=O)c1ccc(Br)cc1. The van der Waals surface area contributed by atoms with Crippen LogP contribution in [0, 0.1) is 0 Å². The monoisotopic (exact) mass is 273 g/mol. The van der Waals surface area contributed by atoms with Gasteiger partial charge in [-0.1, -0.05) is 28.1 Å². The minimum absolute atomic E-state index is 0.420. The van der Waals surface area contributed by atoms with Gasteiger partial charge in [-0.2, -0.15) is 0 Å². The zero-order valence-electron chi connectivity index (χ0n) is 7.87. The van der Waals surface area contributed by atoms with Crippen molar-refractivity contribution in [2.75, 3.05) is 5.75 Å². The normalized spacial score (nSPS) is 14.8. The Morgan fingerprint density at radius 1 is 1.50 bits per heavy atom. The van der Waals surface area contributed by atoms with Gasteiger partial charge in [-0.3, -0.25) is 0 Å². The van der Waals surface area contributed by atoms with Crippen molar-refractivity contribution in [2.45, 2.75) is 11.8 Å². The first kappa shape index (κ1) is 11.8. The van der Waals surface area contributed by atoms with E-state index in [0.29, 0.717) is 5.75 Å². The van der Waals surface area contributed by atoms with Crippen LogP contribution in [0.1, 0.15) is 12.5 Å². The van der Waals surface area contributed by atoms with Gasteiger partial charge >= 0.3 is 0 Å². The molecule has 0 saturated carbocycles. The molecule has 0 aliphatic heterocycles. The third-order valence-corrected chi connectivity index (χ3v) is 3.54. The highest BCUT2D eigenvalue weighted by molar-refractivity contribution is 9.10. The topological polar surface area (TPSA) is 43.1 Å². The van der Waals surface area contributed by atoms with E-state index in [2.05, 4.69) is 15.9 Å². The molecule has 0 bridgehead atoms. The summed E-state index contributed by atoms with van der Waals surface area (Å²) in [5.74, 6) is 0.420. The molecule has 1 atom stereocenters. The second kappa shape index (κ2) is 4.96. The molecular weight excluding hydrogens is 262 g/mol. The third kappa shape index (κ3) is 3.12. The summed E-state index contributed by atoms with van der Waals surface area (Å²) in [7, 11) is 0. The first-order chi connectivity index (χ1) is 6.56. The number of carbonyl (C=O) groups is 1. The first-order valence-electron chi connectivity index (χ1n) is 4.19. The maximum absolute atomic E-state index is 10.3. The van der Waals surface area contributed by atoms with Crippen LogP contribution in [-0.2, 0) is 9.67 Å². The molecule has 0 spiro atoms. The van der Waals surface area contributed by atoms with Gasteiger partial charge in [0.25, 0.3) is 0 Å². The average molecular weight is 274 g/mol. The number of thioether (sulfide) groups is 1. The van der Waals surface area contributed by atoms with Crippen molar-refractivity contribution in [3.63, 3.8) is 0 Å². The van der Waals surface area contributed by atoms with Crippen LogP contribution >= 0.6 is 27.7 Å². The second-order valence-electron chi connectivity index (χ2n) is 3.09. The maximum atomic E-state index is 10.3. The quantitative estimate of drug-likeness (QED) is 0.677. The molecule has 0 fully saturated rings. The fraction of sp³-hybridized carbons (Fsp3) is 0.300. The molecule has 1 aromatic rings. The number of benzene rings is 1. The van der Waals surface area contributed by atoms with E-state index in [4.69, 9.17) is 5.73 Å². The Kier molecular flexibility index (Phi) is 4.16. The zero-order chi connectivity index (χ0) is 10.6. The van der Waals surface area contributed by atoms with E-state index >= 15 is 0 Å². The molecule has 1 unspecified atom stereocenters. The lowest BCUT2D eigenvalue weighted by molar-refractivity contribution is -0.105. The van der Waals surface area contributed by atoms with Crippen molar-refractivity contribution in [3.05, 3.63) is 34.3 Å². The van der Waals surface area contributed by atoms with Crippen molar-refractivity contribution in [1.82, 2.24) is 0 Å². The standard InChI is InChI=1S/C10H12BrNOS/c1-10(12,14-7-6-13)8-2-4-9(11)5-3-8/h2-6H,7,12H2,1H3. The molecule has 0 aliphatic carbocycles. The number of halogens is 1. The molecule has 0 aromatic heterocycles. The number of nitrogens with two attached hydrogens (primary N) is 1. The summed E-state index contributed by atoms with van der Waals surface area (Å²) in [6.07, 6.45) is 0.870. The minimum Gasteiger partial charge on any atom is -0.313 e. The molecule has 0 aliphatic rings. The molecule has 1 aromatic carbocycles. The van der Waals surface area contributed by atoms with Crippen molar-refractivity contribution < 1.29 is 4.79 Å². The highest BCUT2D eigenvalue weighted by Gasteiger charge is 2.20. The van der Waals surface area contributed by atoms with Crippen LogP contribution < -0.4 is 5.73 Å². The molecule has 4 heteroatoms. The zero-order valence-corrected chi connectivity index (χ0v) is 10.3. The van der Waals surface area contributed by atoms with Gasteiger partial charge in [0.2, 0.25) is 0 Å². The summed E-state index contributed by atoms with van der Waals surface area (Å²) >= 11 is 4.79. The molecule has 1 rings (SSSR count). The van der Waals surface area contributed by atoms with E-state index in [-0.39, 0.29) is 0 Å². The van der Waals surface area contributed by atoms with Gasteiger partial charge in [0.05, 0.1) is 10.6 Å². The van der Waals surface area contributed by atoms with Crippen molar-refractivity contribution in [2.24, 2.45) is 5.73 Å². The summed E-state index contributed by atoms with van der Waals surface area (Å²) in [6.45, 7) is 1.91. The van der Waals surface area contributed by atoms with Crippen LogP contribution in [0.15, 0.2) is 28.7 Å². The van der Waals surface area contributed by atoms with Crippen LogP contribution in [-0.4, -0.2) is 12.0 Å². The highest BCUT2D eigenvalue weighted by atomic mass is 79.9. The number of aldehydes is 1. The van der Waals surface area contributed by atoms with Gasteiger partial charge in [0.1, 0.15) is 6.29 Å². The lowest BCUT2D eigenvalue weighted by Gasteiger charge is -2.23. The molecule has 0 amide bonds. The fourth-order valence-corrected chi connectivity index (χ4v) is 2.05. The second-order valence-corrected chi connectivity index (χ2v) is 5.48. The lowest BCUT2D eigenvalue weighted by Crippen LogP contribution is -2.29. The Balaban J connectivity index is 2.80. The average Bonchev–Trinajstić information content (AvgIpc) is 2.16. The summed E-state index contributed by atoms with van der Waals surface area (Å²) in [5.41, 5.74) is 7.08. The smallest absolute Gasteiger partial charge is 0.129 e. The Morgan fingerprint density at radius 2 is 2.07 bits per heavy atom. The minimum atomic E-state index is -0.498. The van der Waals surface area contributed by atoms with Crippen molar-refractivity contribution in [1.29, 1.82) is 0 Å². The third-order valence-electron chi connectivity index (χ3n) is 1.87. The van der Waals surface area contributed by atoms with E-state index < -0.39 is 4.87 Å². The first-order valence-corrected chi connectivity index (χ1v) is 5.96. The molecule has 14 heavy (non-hydrogen) atoms. The van der Waals surface area contributed by atoms with E-state index in [0.717, 1.165) is 16.3 Å². The van der Waals surface area contributed by atoms with Crippen LogP contribution in [0.4, 0.5) is 0 Å². The number of hydrogen-bond acceptors (Lipinski definition) is 3. The van der Waals surface area contributed by atoms with Crippen LogP contribution in [0.5, 0.6) is 0 Å². The van der Waals surface area contributed by atoms with Crippen LogP contribution in [0.25, 0.3) is 0 Å². The Morgan fingerprint density at radius 3 is 2.57 bits per heavy atom. The van der Waals surface area contributed by atoms with E-state index in [1.165, 1.54) is 11.8 Å². The maximum Gasteiger partial charge on any atom is 0.129 e. The summed E-state index contributed by atoms with van der Waals surface area (Å²) < 4.78 is 1.03. The fourth-order valence-electron chi connectivity index (χ4n) is 1.07. The molecule has 0 radical (unpaired) electrons. The van der Waals surface area contributed by atoms with Crippen LogP contribution in [0.3, 0.4) is 0 Å². The Hall–Kier alpha value is -0.320. The summed E-state index contributed by atoms with van der Waals surface area (Å²) in [6, 6.07) is 7.81. The summed E-state index contributed by atoms with van der Waals surface area (Å²) in [4.78, 5) is 9.75. The predicted molar refractivity (Wildman–Crippen MR) is 64.2 cm³/mol. The predicted octanol–water partition coefficient (Wildman–Crippen LogP) is 2.51. The van der Waals surface area contributed by atoms with Crippen molar-refractivity contribution >= 4 is 34.0 Å². The largest absolute Gasteiger partial charge is 0.313 e. The van der Waals surface area contributed by atoms with Gasteiger partial charge in [-0.05, 0) is 24.6 Å². The summed E-state index contributed by atoms with van der Waals surface area (Å²) in [5, 5.41) is 0. The number of rotatable bonds is 4. The Bertz CT molecular complexity index is 310. The lowest BCUT2D eigenvalue weighted by atomic mass is 10.1. The highest BCUT2D eigenvalue weighted by Crippen LogP contribution is 2.30. The van der Waals surface area contributed by atoms with Gasteiger partial charge in [-0.25, -0.2) is 0 Å². The number of carbonyl (C=O) groups excluding carboxylic acids is 1. The van der Waals surface area contributed by atoms with Crippen molar-refractivity contribution in [3.8, 4) is 0 Å². The van der Waals surface area contributed by atoms with Gasteiger partial charge in [0, 0.05) is 4.47 Å². The number of hydrogen-bond donors (Lipinski definition) is 1. The molecule has 76 valence electrons. The molecule has 2 nitrogen and oxygen atoms in total. The van der Waals surface area contributed by atoms with Gasteiger partial charge in [0.15, 0.2) is 0 Å². The van der Waals surface area contributed by atoms with Gasteiger partial charge in [-0.15, -0.1) is 11.8 Å². The molecule has 0 saturated heterocycles. The molecular formula is C10H12BrNOS. The Labute approximate surface area is 96.4 Å². The van der Waals surface area contributed by atoms with Crippen LogP contribution in [0.2, 0.25) is 0 Å². The van der Waals surface area contributed by atoms with E-state index in [1.54, 1.807) is 0 Å². The van der Waals surface area contributed by atoms with E-state index in [1.807, 2.05) is 31.2 Å². The molecule has 0 heterocycles.